The van der Waals surface area contributed by atoms with E-state index in [9.17, 15) is 32.3 Å². The summed E-state index contributed by atoms with van der Waals surface area (Å²) in [5.74, 6) is -3.10. The van der Waals surface area contributed by atoms with Crippen molar-refractivity contribution in [2.45, 2.75) is 63.3 Å². The molecule has 14 nitrogen and oxygen atoms in total. The van der Waals surface area contributed by atoms with Crippen LogP contribution < -0.4 is 31.7 Å². The van der Waals surface area contributed by atoms with E-state index in [1.807, 2.05) is 27.9 Å². The Morgan fingerprint density at radius 3 is 2.38 bits per heavy atom. The van der Waals surface area contributed by atoms with Crippen molar-refractivity contribution >= 4 is 52.3 Å². The number of halogens is 3. The number of ether oxygens (including phenoxy) is 1. The molecule has 58 heavy (non-hydrogen) atoms. The molecule has 4 amide bonds. The molecule has 1 aliphatic heterocycles. The number of carboxylic acids is 1. The summed E-state index contributed by atoms with van der Waals surface area (Å²) in [6.45, 7) is 2.50. The number of nitrogens with one attached hydrogen (secondary N) is 4. The van der Waals surface area contributed by atoms with Gasteiger partial charge in [0.25, 0.3) is 23.6 Å². The summed E-state index contributed by atoms with van der Waals surface area (Å²) in [4.78, 5) is 66.0. The Bertz CT molecular complexity index is 2040. The molecule has 6 rings (SSSR count). The average Bonchev–Trinajstić information content (AvgIpc) is 3.92. The molecule has 1 saturated carbocycles. The van der Waals surface area contributed by atoms with Gasteiger partial charge in [0, 0.05) is 65.9 Å². The van der Waals surface area contributed by atoms with Crippen LogP contribution in [0.1, 0.15) is 74.4 Å². The Balaban J connectivity index is 0.000000839. The first-order valence-corrected chi connectivity index (χ1v) is 19.5. The molecule has 0 saturated heterocycles. The van der Waals surface area contributed by atoms with Gasteiger partial charge >= 0.3 is 12.1 Å². The van der Waals surface area contributed by atoms with Gasteiger partial charge in [0.2, 0.25) is 0 Å². The molecule has 4 aromatic rings. The van der Waals surface area contributed by atoms with Gasteiger partial charge in [0.05, 0.1) is 16.9 Å². The van der Waals surface area contributed by atoms with E-state index < -0.39 is 12.1 Å². The van der Waals surface area contributed by atoms with Crippen LogP contribution in [0, 0.1) is 0 Å². The van der Waals surface area contributed by atoms with Crippen molar-refractivity contribution in [1.29, 1.82) is 0 Å². The number of fused-ring (bicyclic) bond motifs is 1. The summed E-state index contributed by atoms with van der Waals surface area (Å²) in [6.07, 6.45) is 0.386. The summed E-state index contributed by atoms with van der Waals surface area (Å²) in [7, 11) is 0. The van der Waals surface area contributed by atoms with E-state index in [1.165, 1.54) is 0 Å². The van der Waals surface area contributed by atoms with Crippen LogP contribution >= 0.6 is 11.3 Å². The lowest BCUT2D eigenvalue weighted by molar-refractivity contribution is -0.192. The molecule has 1 atom stereocenters. The number of anilines is 2. The van der Waals surface area contributed by atoms with E-state index in [4.69, 9.17) is 20.4 Å². The summed E-state index contributed by atoms with van der Waals surface area (Å²) in [6, 6.07) is 19.3. The summed E-state index contributed by atoms with van der Waals surface area (Å²) in [5.41, 5.74) is 12.4. The number of unbranched alkanes of at least 4 members (excludes halogenated alkanes) is 2. The van der Waals surface area contributed by atoms with Gasteiger partial charge in [-0.15, -0.1) is 11.3 Å². The molecule has 2 heterocycles. The second kappa shape index (κ2) is 20.5. The molecule has 308 valence electrons. The molecule has 1 fully saturated rings. The van der Waals surface area contributed by atoms with Gasteiger partial charge in [0.15, 0.2) is 6.61 Å². The van der Waals surface area contributed by atoms with Crippen molar-refractivity contribution in [2.24, 2.45) is 5.73 Å². The van der Waals surface area contributed by atoms with Gasteiger partial charge in [0.1, 0.15) is 5.75 Å². The number of hydrogen-bond acceptors (Lipinski definition) is 10. The van der Waals surface area contributed by atoms with E-state index in [2.05, 4.69) is 26.3 Å². The molecule has 0 bridgehead atoms. The molecule has 7 N–H and O–H groups in total. The number of hydrogen-bond donors (Lipinski definition) is 6. The van der Waals surface area contributed by atoms with Gasteiger partial charge in [-0.05, 0) is 86.3 Å². The van der Waals surface area contributed by atoms with Crippen LogP contribution in [-0.4, -0.2) is 89.1 Å². The predicted molar refractivity (Wildman–Crippen MR) is 211 cm³/mol. The van der Waals surface area contributed by atoms with Gasteiger partial charge in [-0.25, -0.2) is 9.78 Å². The molecule has 1 aromatic heterocycles. The summed E-state index contributed by atoms with van der Waals surface area (Å²) >= 11 is 1.58. The molecule has 18 heteroatoms. The molecule has 1 aliphatic carbocycles. The van der Waals surface area contributed by atoms with Gasteiger partial charge in [-0.1, -0.05) is 24.6 Å². The Kier molecular flexibility index (Phi) is 15.3. The third-order valence-corrected chi connectivity index (χ3v) is 9.62. The number of nitrogens with two attached hydrogens (primary N) is 1. The fourth-order valence-electron chi connectivity index (χ4n) is 5.85. The molecular formula is C40H44F3N7O7S. The highest BCUT2D eigenvalue weighted by Crippen LogP contribution is 2.33. The maximum atomic E-state index is 13.5. The van der Waals surface area contributed by atoms with E-state index in [0.29, 0.717) is 46.9 Å². The number of carbonyl (C=O) groups is 5. The Morgan fingerprint density at radius 1 is 0.966 bits per heavy atom. The minimum atomic E-state index is -5.08. The van der Waals surface area contributed by atoms with Gasteiger partial charge < -0.3 is 41.7 Å². The van der Waals surface area contributed by atoms with Crippen molar-refractivity contribution in [3.8, 4) is 5.75 Å². The third-order valence-electron chi connectivity index (χ3n) is 8.98. The molecule has 3 aromatic carbocycles. The minimum Gasteiger partial charge on any atom is -0.482 e. The fraction of sp³-hybridized carbons (Fsp3) is 0.350. The fourth-order valence-corrected chi connectivity index (χ4v) is 6.42. The second-order valence-corrected chi connectivity index (χ2v) is 14.4. The number of alkyl halides is 3. The predicted octanol–water partition coefficient (Wildman–Crippen LogP) is 5.22. The van der Waals surface area contributed by atoms with Crippen molar-refractivity contribution in [3.05, 3.63) is 106 Å². The molecule has 0 spiro atoms. The van der Waals surface area contributed by atoms with Crippen LogP contribution in [-0.2, 0) is 22.6 Å². The van der Waals surface area contributed by atoms with E-state index in [0.717, 1.165) is 62.9 Å². The lowest BCUT2D eigenvalue weighted by Gasteiger charge is -2.24. The first-order chi connectivity index (χ1) is 27.8. The summed E-state index contributed by atoms with van der Waals surface area (Å²) < 4.78 is 37.2. The highest BCUT2D eigenvalue weighted by Gasteiger charge is 2.38. The van der Waals surface area contributed by atoms with Crippen molar-refractivity contribution in [1.82, 2.24) is 20.5 Å². The van der Waals surface area contributed by atoms with Crippen molar-refractivity contribution in [2.75, 3.05) is 36.9 Å². The van der Waals surface area contributed by atoms with Crippen LogP contribution in [0.3, 0.4) is 0 Å². The van der Waals surface area contributed by atoms with E-state index in [-0.39, 0.29) is 42.3 Å². The normalized spacial score (nSPS) is 13.8. The van der Waals surface area contributed by atoms with E-state index >= 15 is 0 Å². The standard InChI is InChI=1S/C38H43N7O5S.C2HF3O2/c39-29(19-31-23-51-24-42-31)20-40-15-2-1-3-16-41-36(47)27-5-4-6-30(17-27)43-37(48)26-9-7-25(8-10-26)21-45(32-12-13-32)38(49)28-11-14-33-34(18-28)50-22-35(46)44-33;3-2(4,5)1(6)7/h4-11,14,17-18,23-24,29,32,40H,1-3,12-13,15-16,19-22,39H2,(H,41,47)(H,43,48)(H,44,46);(H,6,7)/t29-;/m0./s1. The van der Waals surface area contributed by atoms with E-state index in [1.54, 1.807) is 65.9 Å². The number of carbonyl (C=O) groups excluding carboxylic acids is 4. The Morgan fingerprint density at radius 2 is 1.69 bits per heavy atom. The van der Waals surface area contributed by atoms with Crippen LogP contribution in [0.4, 0.5) is 24.5 Å². The lowest BCUT2D eigenvalue weighted by Crippen LogP contribution is -2.36. The maximum absolute atomic E-state index is 13.5. The molecular weight excluding hydrogens is 780 g/mol. The smallest absolute Gasteiger partial charge is 0.482 e. The highest BCUT2D eigenvalue weighted by atomic mass is 32.1. The quantitative estimate of drug-likeness (QED) is 0.0766. The first-order valence-electron chi connectivity index (χ1n) is 18.6. The number of aromatic nitrogens is 1. The zero-order chi connectivity index (χ0) is 41.7. The maximum Gasteiger partial charge on any atom is 0.490 e. The first kappa shape index (κ1) is 43.3. The zero-order valence-corrected chi connectivity index (χ0v) is 32.2. The molecule has 2 aliphatic rings. The number of aliphatic carboxylic acids is 1. The van der Waals surface area contributed by atoms with Crippen LogP contribution in [0.15, 0.2) is 77.6 Å². The minimum absolute atomic E-state index is 0.0388. The largest absolute Gasteiger partial charge is 0.490 e. The van der Waals surface area contributed by atoms with Gasteiger partial charge in [-0.2, -0.15) is 13.2 Å². The Labute approximate surface area is 336 Å². The lowest BCUT2D eigenvalue weighted by atomic mass is 10.1. The number of carboxylic acid groups (broad SMARTS) is 1. The van der Waals surface area contributed by atoms with Crippen molar-refractivity contribution < 1.29 is 47.0 Å². The Hall–Kier alpha value is -5.85. The third kappa shape index (κ3) is 13.4. The zero-order valence-electron chi connectivity index (χ0n) is 31.3. The number of amides is 4. The number of benzene rings is 3. The molecule has 0 unspecified atom stereocenters. The van der Waals surface area contributed by atoms with Gasteiger partial charge in [-0.3, -0.25) is 19.2 Å². The van der Waals surface area contributed by atoms with Crippen LogP contribution in [0.5, 0.6) is 5.75 Å². The number of nitrogens with zero attached hydrogens (tertiary/aromatic N) is 2. The SMILES string of the molecule is N[C@H](CNCCCCCNC(=O)c1cccc(NC(=O)c2ccc(CN(C(=O)c3ccc4c(c3)OCC(=O)N4)C3CC3)cc2)c1)Cc1cscn1.O=C(O)C(F)(F)F. The second-order valence-electron chi connectivity index (χ2n) is 13.7. The van der Waals surface area contributed by atoms with Crippen LogP contribution in [0.2, 0.25) is 0 Å². The monoisotopic (exact) mass is 823 g/mol. The summed E-state index contributed by atoms with van der Waals surface area (Å²) in [5, 5.41) is 21.1. The molecule has 0 radical (unpaired) electrons. The number of rotatable bonds is 17. The number of thiazole rings is 1. The topological polar surface area (TPSA) is 205 Å². The highest BCUT2D eigenvalue weighted by molar-refractivity contribution is 7.07. The average molecular weight is 824 g/mol. The van der Waals surface area contributed by atoms with Crippen molar-refractivity contribution in [3.63, 3.8) is 0 Å². The van der Waals surface area contributed by atoms with Crippen LogP contribution in [0.25, 0.3) is 0 Å².